The molecule has 0 aliphatic carbocycles. The van der Waals surface area contributed by atoms with Gasteiger partial charge < -0.3 is 10.1 Å². The van der Waals surface area contributed by atoms with Crippen LogP contribution >= 0.6 is 11.6 Å². The maximum atomic E-state index is 11.9. The molecule has 136 valence electrons. The van der Waals surface area contributed by atoms with Crippen LogP contribution in [0.4, 0.5) is 5.69 Å². The second kappa shape index (κ2) is 9.55. The quantitative estimate of drug-likeness (QED) is 0.601. The maximum absolute atomic E-state index is 11.9. The van der Waals surface area contributed by atoms with E-state index in [0.717, 1.165) is 16.8 Å². The lowest BCUT2D eigenvalue weighted by molar-refractivity contribution is -0.123. The number of hydrogen-bond donors (Lipinski definition) is 1. The summed E-state index contributed by atoms with van der Waals surface area (Å²) in [5.41, 5.74) is 2.77. The second-order valence-corrected chi connectivity index (χ2v) is 6.29. The van der Waals surface area contributed by atoms with Crippen LogP contribution in [0.1, 0.15) is 11.1 Å². The Labute approximate surface area is 163 Å². The van der Waals surface area contributed by atoms with Crippen LogP contribution in [0, 0.1) is 0 Å². The molecule has 0 fully saturated rings. The molecular weight excluding hydrogens is 360 g/mol. The van der Waals surface area contributed by atoms with Crippen molar-refractivity contribution >= 4 is 29.4 Å². The highest BCUT2D eigenvalue weighted by Crippen LogP contribution is 2.18. The lowest BCUT2D eigenvalue weighted by Crippen LogP contribution is -2.28. The van der Waals surface area contributed by atoms with Crippen LogP contribution < -0.4 is 10.1 Å². The first kappa shape index (κ1) is 18.7. The molecule has 3 aromatic rings. The number of nitrogens with zero attached hydrogens (tertiary/aromatic N) is 1. The highest BCUT2D eigenvalue weighted by Gasteiger charge is 2.03. The molecule has 0 atom stereocenters. The summed E-state index contributed by atoms with van der Waals surface area (Å²) in [6, 6.07) is 24.5. The Morgan fingerprint density at radius 2 is 1.78 bits per heavy atom. The molecule has 3 aromatic carbocycles. The van der Waals surface area contributed by atoms with Crippen molar-refractivity contribution in [3.05, 3.63) is 95.0 Å². The van der Waals surface area contributed by atoms with Gasteiger partial charge in [-0.05, 0) is 53.6 Å². The van der Waals surface area contributed by atoms with Crippen molar-refractivity contribution in [1.82, 2.24) is 5.32 Å². The van der Waals surface area contributed by atoms with Gasteiger partial charge in [0.1, 0.15) is 5.75 Å². The highest BCUT2D eigenvalue weighted by atomic mass is 35.5. The van der Waals surface area contributed by atoms with E-state index in [1.807, 2.05) is 72.8 Å². The topological polar surface area (TPSA) is 50.7 Å². The fourth-order valence-electron chi connectivity index (χ4n) is 2.35. The van der Waals surface area contributed by atoms with Gasteiger partial charge in [-0.3, -0.25) is 9.79 Å². The average molecular weight is 379 g/mol. The zero-order valence-corrected chi connectivity index (χ0v) is 15.4. The first-order chi connectivity index (χ1) is 13.2. The molecule has 3 rings (SSSR count). The Kier molecular flexibility index (Phi) is 6.61. The molecule has 0 aliphatic heterocycles. The van der Waals surface area contributed by atoms with Gasteiger partial charge in [-0.2, -0.15) is 0 Å². The molecule has 0 aromatic heterocycles. The van der Waals surface area contributed by atoms with Crippen LogP contribution in [0.25, 0.3) is 0 Å². The van der Waals surface area contributed by atoms with Crippen molar-refractivity contribution in [2.24, 2.45) is 4.99 Å². The van der Waals surface area contributed by atoms with E-state index in [0.29, 0.717) is 17.3 Å². The lowest BCUT2D eigenvalue weighted by atomic mass is 10.2. The molecule has 27 heavy (non-hydrogen) atoms. The largest absolute Gasteiger partial charge is 0.484 e. The Balaban J connectivity index is 1.46. The van der Waals surface area contributed by atoms with Crippen LogP contribution in [0.15, 0.2) is 83.9 Å². The van der Waals surface area contributed by atoms with Crippen molar-refractivity contribution in [2.45, 2.75) is 6.54 Å². The van der Waals surface area contributed by atoms with E-state index < -0.39 is 0 Å². The van der Waals surface area contributed by atoms with E-state index in [9.17, 15) is 4.79 Å². The lowest BCUT2D eigenvalue weighted by Gasteiger charge is -2.08. The van der Waals surface area contributed by atoms with Gasteiger partial charge in [-0.1, -0.05) is 48.0 Å². The Morgan fingerprint density at radius 1 is 1.00 bits per heavy atom. The predicted octanol–water partition coefficient (Wildman–Crippen LogP) is 4.79. The van der Waals surface area contributed by atoms with Gasteiger partial charge in [0.2, 0.25) is 0 Å². The van der Waals surface area contributed by atoms with Crippen molar-refractivity contribution in [2.75, 3.05) is 6.61 Å². The normalized spacial score (nSPS) is 10.7. The van der Waals surface area contributed by atoms with Crippen LogP contribution in [0.3, 0.4) is 0 Å². The fourth-order valence-corrected chi connectivity index (χ4v) is 2.54. The molecule has 0 bridgehead atoms. The van der Waals surface area contributed by atoms with Gasteiger partial charge in [0.05, 0.1) is 5.69 Å². The summed E-state index contributed by atoms with van der Waals surface area (Å²) in [6.45, 7) is 0.463. The van der Waals surface area contributed by atoms with Crippen LogP contribution in [-0.4, -0.2) is 18.7 Å². The van der Waals surface area contributed by atoms with Gasteiger partial charge in [-0.15, -0.1) is 0 Å². The number of benzene rings is 3. The molecule has 0 unspecified atom stereocenters. The van der Waals surface area contributed by atoms with E-state index in [1.165, 1.54) is 0 Å². The molecule has 0 saturated heterocycles. The zero-order chi connectivity index (χ0) is 18.9. The monoisotopic (exact) mass is 378 g/mol. The molecule has 1 N–H and O–H groups in total. The second-order valence-electron chi connectivity index (χ2n) is 5.86. The number of carbonyl (C=O) groups excluding carboxylic acids is 1. The number of hydrogen-bond acceptors (Lipinski definition) is 3. The SMILES string of the molecule is O=C(COc1ccc(C=Nc2cccc(Cl)c2)cc1)NCc1ccccc1. The van der Waals surface area contributed by atoms with Crippen LogP contribution in [0.5, 0.6) is 5.75 Å². The van der Waals surface area contributed by atoms with Crippen molar-refractivity contribution < 1.29 is 9.53 Å². The summed E-state index contributed by atoms with van der Waals surface area (Å²) < 4.78 is 5.52. The minimum absolute atomic E-state index is 0.0250. The molecule has 4 nitrogen and oxygen atoms in total. The number of rotatable bonds is 7. The number of nitrogens with one attached hydrogen (secondary N) is 1. The molecule has 0 heterocycles. The number of carbonyl (C=O) groups is 1. The van der Waals surface area contributed by atoms with E-state index >= 15 is 0 Å². The third-order valence-electron chi connectivity index (χ3n) is 3.75. The van der Waals surface area contributed by atoms with Gasteiger partial charge in [0.25, 0.3) is 5.91 Å². The molecule has 5 heteroatoms. The standard InChI is InChI=1S/C22H19ClN2O2/c23-19-7-4-8-20(13-19)24-14-18-9-11-21(12-10-18)27-16-22(26)25-15-17-5-2-1-3-6-17/h1-14H,15-16H2,(H,25,26). The van der Waals surface area contributed by atoms with Gasteiger partial charge in [0, 0.05) is 17.8 Å². The Hall–Kier alpha value is -3.11. The van der Waals surface area contributed by atoms with E-state index in [2.05, 4.69) is 10.3 Å². The van der Waals surface area contributed by atoms with Gasteiger partial charge in [-0.25, -0.2) is 0 Å². The minimum Gasteiger partial charge on any atom is -0.484 e. The smallest absolute Gasteiger partial charge is 0.258 e. The number of aliphatic imine (C=N–C) groups is 1. The van der Waals surface area contributed by atoms with Crippen LogP contribution in [-0.2, 0) is 11.3 Å². The van der Waals surface area contributed by atoms with Crippen molar-refractivity contribution in [3.63, 3.8) is 0 Å². The molecule has 0 radical (unpaired) electrons. The third kappa shape index (κ3) is 6.28. The van der Waals surface area contributed by atoms with E-state index in [-0.39, 0.29) is 12.5 Å². The summed E-state index contributed by atoms with van der Waals surface area (Å²) >= 11 is 5.94. The number of ether oxygens (including phenoxy) is 1. The molecule has 1 amide bonds. The maximum Gasteiger partial charge on any atom is 0.258 e. The van der Waals surface area contributed by atoms with E-state index in [4.69, 9.17) is 16.3 Å². The molecule has 0 saturated carbocycles. The molecular formula is C22H19ClN2O2. The third-order valence-corrected chi connectivity index (χ3v) is 3.99. The van der Waals surface area contributed by atoms with Crippen LogP contribution in [0.2, 0.25) is 5.02 Å². The number of halogens is 1. The summed E-state index contributed by atoms with van der Waals surface area (Å²) in [7, 11) is 0. The molecule has 0 spiro atoms. The average Bonchev–Trinajstić information content (AvgIpc) is 2.71. The molecule has 0 aliphatic rings. The van der Waals surface area contributed by atoms with Gasteiger partial charge in [0.15, 0.2) is 6.61 Å². The zero-order valence-electron chi connectivity index (χ0n) is 14.6. The van der Waals surface area contributed by atoms with E-state index in [1.54, 1.807) is 12.3 Å². The number of amides is 1. The predicted molar refractivity (Wildman–Crippen MR) is 109 cm³/mol. The van der Waals surface area contributed by atoms with Gasteiger partial charge >= 0.3 is 0 Å². The summed E-state index contributed by atoms with van der Waals surface area (Å²) in [5, 5.41) is 3.48. The van der Waals surface area contributed by atoms with Crippen molar-refractivity contribution in [1.29, 1.82) is 0 Å². The summed E-state index contributed by atoms with van der Waals surface area (Å²) in [6.07, 6.45) is 1.75. The Morgan fingerprint density at radius 3 is 2.52 bits per heavy atom. The summed E-state index contributed by atoms with van der Waals surface area (Å²) in [4.78, 5) is 16.3. The fraction of sp³-hybridized carbons (Fsp3) is 0.0909. The first-order valence-electron chi connectivity index (χ1n) is 8.52. The highest BCUT2D eigenvalue weighted by molar-refractivity contribution is 6.30. The Bertz CT molecular complexity index is 909. The van der Waals surface area contributed by atoms with Crippen molar-refractivity contribution in [3.8, 4) is 5.75 Å². The minimum atomic E-state index is -0.162. The first-order valence-corrected chi connectivity index (χ1v) is 8.90. The summed E-state index contributed by atoms with van der Waals surface area (Å²) in [5.74, 6) is 0.468.